The molecule has 1 aromatic heterocycles. The van der Waals surface area contributed by atoms with Gasteiger partial charge in [-0.1, -0.05) is 12.1 Å². The number of thiophene rings is 1. The molecule has 0 atom stereocenters. The van der Waals surface area contributed by atoms with Crippen LogP contribution in [0.3, 0.4) is 0 Å². The molecule has 2 aromatic rings. The number of benzene rings is 1. The van der Waals surface area contributed by atoms with Crippen molar-refractivity contribution in [1.82, 2.24) is 4.90 Å². The molecule has 0 bridgehead atoms. The number of hydrogen-bond donors (Lipinski definition) is 0. The molecule has 0 saturated heterocycles. The minimum absolute atomic E-state index is 0.324. The van der Waals surface area contributed by atoms with Gasteiger partial charge in [-0.25, -0.2) is 9.69 Å². The minimum Gasteiger partial charge on any atom is -0.439 e. The van der Waals surface area contributed by atoms with Crippen LogP contribution >= 0.6 is 43.2 Å². The summed E-state index contributed by atoms with van der Waals surface area (Å²) in [6.07, 6.45) is 0. The lowest BCUT2D eigenvalue weighted by atomic mass is 10.1. The van der Waals surface area contributed by atoms with E-state index in [2.05, 4.69) is 31.9 Å². The molecule has 1 aliphatic rings. The molecule has 1 aliphatic heterocycles. The molecule has 0 saturated carbocycles. The van der Waals surface area contributed by atoms with Gasteiger partial charge >= 0.3 is 5.97 Å². The highest BCUT2D eigenvalue weighted by molar-refractivity contribution is 9.13. The molecular weight excluding hydrogens is 438 g/mol. The highest BCUT2D eigenvalue weighted by Crippen LogP contribution is 2.32. The van der Waals surface area contributed by atoms with Crippen LogP contribution in [-0.4, -0.2) is 29.4 Å². The molecule has 8 heteroatoms. The molecule has 0 spiro atoms. The Bertz CT molecular complexity index is 747. The van der Waals surface area contributed by atoms with Gasteiger partial charge in [0.05, 0.1) is 14.9 Å². The third-order valence-electron chi connectivity index (χ3n) is 3.05. The van der Waals surface area contributed by atoms with Gasteiger partial charge in [0.1, 0.15) is 4.88 Å². The van der Waals surface area contributed by atoms with Crippen molar-refractivity contribution in [2.45, 2.75) is 0 Å². The molecule has 22 heavy (non-hydrogen) atoms. The maximum atomic E-state index is 12.1. The molecule has 0 fully saturated rings. The van der Waals surface area contributed by atoms with Gasteiger partial charge in [-0.3, -0.25) is 9.59 Å². The zero-order valence-corrected chi connectivity index (χ0v) is 14.8. The fourth-order valence-corrected chi connectivity index (χ4v) is 3.93. The van der Waals surface area contributed by atoms with Crippen molar-refractivity contribution in [3.8, 4) is 0 Å². The maximum Gasteiger partial charge on any atom is 0.350 e. The van der Waals surface area contributed by atoms with E-state index in [0.29, 0.717) is 16.0 Å². The molecule has 112 valence electrons. The molecule has 0 unspecified atom stereocenters. The van der Waals surface area contributed by atoms with Crippen molar-refractivity contribution in [2.24, 2.45) is 0 Å². The first-order valence-corrected chi connectivity index (χ1v) is 8.46. The number of nitrogens with zero attached hydrogens (tertiary/aromatic N) is 1. The van der Waals surface area contributed by atoms with Crippen LogP contribution in [0.1, 0.15) is 30.4 Å². The summed E-state index contributed by atoms with van der Waals surface area (Å²) >= 11 is 7.76. The van der Waals surface area contributed by atoms with Crippen molar-refractivity contribution in [3.63, 3.8) is 0 Å². The van der Waals surface area contributed by atoms with Gasteiger partial charge in [0.15, 0.2) is 6.73 Å². The molecular formula is C14H7Br2NO4S. The van der Waals surface area contributed by atoms with Crippen LogP contribution in [0.2, 0.25) is 0 Å². The van der Waals surface area contributed by atoms with Gasteiger partial charge in [0.25, 0.3) is 11.8 Å². The third-order valence-corrected chi connectivity index (χ3v) is 6.29. The van der Waals surface area contributed by atoms with Crippen molar-refractivity contribution >= 4 is 61.0 Å². The number of carbonyl (C=O) groups excluding carboxylic acids is 3. The Labute approximate surface area is 146 Å². The summed E-state index contributed by atoms with van der Waals surface area (Å²) in [5.74, 6) is -1.50. The fourth-order valence-electron chi connectivity index (χ4n) is 2.00. The molecule has 0 aliphatic carbocycles. The maximum absolute atomic E-state index is 12.1. The van der Waals surface area contributed by atoms with Crippen molar-refractivity contribution < 1.29 is 19.1 Å². The van der Waals surface area contributed by atoms with Gasteiger partial charge in [-0.15, -0.1) is 11.3 Å². The van der Waals surface area contributed by atoms with Crippen LogP contribution in [-0.2, 0) is 4.74 Å². The summed E-state index contributed by atoms with van der Waals surface area (Å²) in [5, 5.41) is 0. The minimum atomic E-state index is -0.590. The zero-order valence-electron chi connectivity index (χ0n) is 10.8. The predicted molar refractivity (Wildman–Crippen MR) is 86.9 cm³/mol. The molecule has 3 rings (SSSR count). The highest BCUT2D eigenvalue weighted by Gasteiger charge is 2.35. The Morgan fingerprint density at radius 1 is 1.14 bits per heavy atom. The van der Waals surface area contributed by atoms with E-state index >= 15 is 0 Å². The number of esters is 1. The number of imide groups is 1. The van der Waals surface area contributed by atoms with E-state index in [9.17, 15) is 14.4 Å². The van der Waals surface area contributed by atoms with E-state index in [-0.39, 0.29) is 0 Å². The van der Waals surface area contributed by atoms with Crippen LogP contribution < -0.4 is 0 Å². The van der Waals surface area contributed by atoms with E-state index in [1.807, 2.05) is 0 Å². The summed E-state index contributed by atoms with van der Waals surface area (Å²) in [5.41, 5.74) is 0.648. The van der Waals surface area contributed by atoms with E-state index in [1.165, 1.54) is 11.3 Å². The summed E-state index contributed by atoms with van der Waals surface area (Å²) in [4.78, 5) is 37.5. The van der Waals surface area contributed by atoms with E-state index in [4.69, 9.17) is 4.74 Å². The smallest absolute Gasteiger partial charge is 0.350 e. The summed E-state index contributed by atoms with van der Waals surface area (Å²) in [6, 6.07) is 8.12. The predicted octanol–water partition coefficient (Wildman–Crippen LogP) is 3.68. The molecule has 0 radical (unpaired) electrons. The normalized spacial score (nSPS) is 13.5. The Hall–Kier alpha value is -1.51. The second-order valence-electron chi connectivity index (χ2n) is 4.38. The lowest BCUT2D eigenvalue weighted by molar-refractivity contribution is 0.0232. The van der Waals surface area contributed by atoms with E-state index in [0.717, 1.165) is 13.2 Å². The number of ether oxygens (including phenoxy) is 1. The van der Waals surface area contributed by atoms with Crippen LogP contribution in [0.5, 0.6) is 0 Å². The molecule has 2 amide bonds. The lowest BCUT2D eigenvalue weighted by Gasteiger charge is -2.13. The topological polar surface area (TPSA) is 63.7 Å². The first kappa shape index (κ1) is 15.4. The number of fused-ring (bicyclic) bond motifs is 1. The number of carbonyl (C=O) groups is 3. The van der Waals surface area contributed by atoms with Gasteiger partial charge in [-0.2, -0.15) is 0 Å². The largest absolute Gasteiger partial charge is 0.439 e. The molecule has 0 N–H and O–H groups in total. The quantitative estimate of drug-likeness (QED) is 0.535. The van der Waals surface area contributed by atoms with Gasteiger partial charge in [-0.05, 0) is 50.1 Å². The average Bonchev–Trinajstić information content (AvgIpc) is 2.97. The standard InChI is InChI=1S/C14H7Br2NO4S/c15-9-5-10(22-11(9)16)14(20)21-6-17-12(18)7-3-1-2-4-8(7)13(17)19/h1-5H,6H2. The first-order chi connectivity index (χ1) is 10.5. The number of halogens is 2. The first-order valence-electron chi connectivity index (χ1n) is 6.06. The van der Waals surface area contributed by atoms with Gasteiger partial charge in [0.2, 0.25) is 0 Å². The fraction of sp³-hybridized carbons (Fsp3) is 0.0714. The molecule has 5 nitrogen and oxygen atoms in total. The zero-order chi connectivity index (χ0) is 15.9. The SMILES string of the molecule is O=C(OCN1C(=O)c2ccccc2C1=O)c1cc(Br)c(Br)s1. The van der Waals surface area contributed by atoms with Crippen LogP contribution in [0, 0.1) is 0 Å². The monoisotopic (exact) mass is 443 g/mol. The van der Waals surface area contributed by atoms with E-state index in [1.54, 1.807) is 30.3 Å². The Kier molecular flexibility index (Phi) is 4.16. The Morgan fingerprint density at radius 3 is 2.23 bits per heavy atom. The van der Waals surface area contributed by atoms with Crippen LogP contribution in [0.4, 0.5) is 0 Å². The van der Waals surface area contributed by atoms with Gasteiger partial charge < -0.3 is 4.74 Å². The molecule has 1 aromatic carbocycles. The van der Waals surface area contributed by atoms with Gasteiger partial charge in [0, 0.05) is 4.47 Å². The average molecular weight is 445 g/mol. The Morgan fingerprint density at radius 2 is 1.73 bits per heavy atom. The summed E-state index contributed by atoms with van der Waals surface area (Å²) in [7, 11) is 0. The van der Waals surface area contributed by atoms with Crippen molar-refractivity contribution in [1.29, 1.82) is 0 Å². The third kappa shape index (κ3) is 2.62. The number of hydrogen-bond acceptors (Lipinski definition) is 5. The van der Waals surface area contributed by atoms with Crippen LogP contribution in [0.25, 0.3) is 0 Å². The van der Waals surface area contributed by atoms with Crippen LogP contribution in [0.15, 0.2) is 38.6 Å². The lowest BCUT2D eigenvalue weighted by Crippen LogP contribution is -2.33. The molecule has 2 heterocycles. The second kappa shape index (κ2) is 5.94. The summed E-state index contributed by atoms with van der Waals surface area (Å²) in [6.45, 7) is -0.404. The van der Waals surface area contributed by atoms with E-state index < -0.39 is 24.5 Å². The Balaban J connectivity index is 1.71. The summed E-state index contributed by atoms with van der Waals surface area (Å²) < 4.78 is 6.57. The van der Waals surface area contributed by atoms with Crippen molar-refractivity contribution in [2.75, 3.05) is 6.73 Å². The second-order valence-corrected chi connectivity index (χ2v) is 7.60. The number of amides is 2. The van der Waals surface area contributed by atoms with Crippen molar-refractivity contribution in [3.05, 3.63) is 54.6 Å². The highest BCUT2D eigenvalue weighted by atomic mass is 79.9. The number of rotatable bonds is 3.